The molecule has 0 bridgehead atoms. The van der Waals surface area contributed by atoms with Gasteiger partial charge in [-0.2, -0.15) is 0 Å². The van der Waals surface area contributed by atoms with Crippen LogP contribution in [0.25, 0.3) is 0 Å². The van der Waals surface area contributed by atoms with Gasteiger partial charge in [0.15, 0.2) is 0 Å². The summed E-state index contributed by atoms with van der Waals surface area (Å²) < 4.78 is 0. The third kappa shape index (κ3) is 5.30. The van der Waals surface area contributed by atoms with Crippen molar-refractivity contribution < 1.29 is 51.1 Å². The van der Waals surface area contributed by atoms with Crippen LogP contribution in [0.15, 0.2) is 0 Å². The Kier molecular flexibility index (Phi) is 8.42. The van der Waals surface area contributed by atoms with Crippen molar-refractivity contribution in [3.63, 3.8) is 0 Å². The van der Waals surface area contributed by atoms with Crippen LogP contribution in [-0.2, 0) is 0 Å². The molecule has 10 N–H and O–H groups in total. The number of hydrogen-bond donors (Lipinski definition) is 10. The zero-order valence-corrected chi connectivity index (χ0v) is 13.1. The third-order valence-electron chi connectivity index (χ3n) is 4.49. The second-order valence-electron chi connectivity index (χ2n) is 6.37. The normalized spacial score (nSPS) is 50.2. The van der Waals surface area contributed by atoms with Crippen LogP contribution < -0.4 is 0 Å². The molecule has 10 heteroatoms. The summed E-state index contributed by atoms with van der Waals surface area (Å²) in [5, 5.41) is 97.9. The van der Waals surface area contributed by atoms with Crippen molar-refractivity contribution in [1.82, 2.24) is 0 Å². The van der Waals surface area contributed by atoms with Crippen molar-refractivity contribution in [3.05, 3.63) is 0 Å². The molecule has 8 atom stereocenters. The summed E-state index contributed by atoms with van der Waals surface area (Å²) in [5.41, 5.74) is 0. The Balaban J connectivity index is 2.94. The fourth-order valence-corrected chi connectivity index (χ4v) is 2.68. The Morgan fingerprint density at radius 3 is 0.625 bits per heavy atom. The van der Waals surface area contributed by atoms with E-state index in [4.69, 9.17) is 0 Å². The minimum atomic E-state index is -1.88. The Bertz CT molecular complexity index is 303. The maximum Gasteiger partial charge on any atom is 0.111 e. The van der Waals surface area contributed by atoms with Gasteiger partial charge in [-0.15, -0.1) is 0 Å². The molecule has 0 heterocycles. The van der Waals surface area contributed by atoms with Gasteiger partial charge in [0.2, 0.25) is 0 Å². The van der Waals surface area contributed by atoms with E-state index in [1.165, 1.54) is 0 Å². The molecule has 1 fully saturated rings. The lowest BCUT2D eigenvalue weighted by molar-refractivity contribution is -0.154. The first-order valence-corrected chi connectivity index (χ1v) is 7.88. The van der Waals surface area contributed by atoms with Gasteiger partial charge in [-0.3, -0.25) is 0 Å². The summed E-state index contributed by atoms with van der Waals surface area (Å²) in [5.74, 6) is 0. The summed E-state index contributed by atoms with van der Waals surface area (Å²) >= 11 is 0. The van der Waals surface area contributed by atoms with E-state index in [0.717, 1.165) is 0 Å². The van der Waals surface area contributed by atoms with Crippen LogP contribution in [0.1, 0.15) is 25.7 Å². The van der Waals surface area contributed by atoms with Crippen LogP contribution in [0.5, 0.6) is 0 Å². The molecule has 1 saturated carbocycles. The van der Waals surface area contributed by atoms with Crippen LogP contribution in [0.2, 0.25) is 0 Å². The largest absolute Gasteiger partial charge is 0.390 e. The summed E-state index contributed by atoms with van der Waals surface area (Å²) in [6, 6.07) is 0. The van der Waals surface area contributed by atoms with Crippen molar-refractivity contribution in [1.29, 1.82) is 0 Å². The maximum absolute atomic E-state index is 9.79. The number of aliphatic hydroxyl groups is 10. The van der Waals surface area contributed by atoms with Gasteiger partial charge >= 0.3 is 0 Å². The molecule has 0 saturated heterocycles. The molecule has 144 valence electrons. The van der Waals surface area contributed by atoms with Crippen molar-refractivity contribution in [2.75, 3.05) is 0 Å². The second-order valence-corrected chi connectivity index (χ2v) is 6.37. The predicted octanol–water partition coefficient (Wildman–Crippen LogP) is -4.83. The second kappa shape index (κ2) is 9.34. The van der Waals surface area contributed by atoms with E-state index in [1.54, 1.807) is 0 Å². The van der Waals surface area contributed by atoms with Gasteiger partial charge in [0.25, 0.3) is 0 Å². The quantitative estimate of drug-likeness (QED) is 0.200. The van der Waals surface area contributed by atoms with Crippen molar-refractivity contribution >= 4 is 0 Å². The van der Waals surface area contributed by atoms with Gasteiger partial charge < -0.3 is 51.1 Å². The molecule has 0 aromatic rings. The van der Waals surface area contributed by atoms with E-state index < -0.39 is 61.0 Å². The monoisotopic (exact) mass is 356 g/mol. The number of hydrogen-bond acceptors (Lipinski definition) is 10. The molecule has 1 aliphatic carbocycles. The van der Waals surface area contributed by atoms with E-state index in [0.29, 0.717) is 0 Å². The van der Waals surface area contributed by atoms with E-state index in [9.17, 15) is 51.1 Å². The van der Waals surface area contributed by atoms with Gasteiger partial charge in [0.05, 0.1) is 24.4 Å². The number of rotatable bonds is 0. The van der Waals surface area contributed by atoms with E-state index in [2.05, 4.69) is 0 Å². The first-order valence-electron chi connectivity index (χ1n) is 7.88. The minimum Gasteiger partial charge on any atom is -0.390 e. The van der Waals surface area contributed by atoms with Gasteiger partial charge in [-0.05, 0) is 25.7 Å². The molecule has 24 heavy (non-hydrogen) atoms. The van der Waals surface area contributed by atoms with Gasteiger partial charge in [0.1, 0.15) is 36.6 Å². The van der Waals surface area contributed by atoms with Crippen molar-refractivity contribution in [2.45, 2.75) is 86.7 Å². The topological polar surface area (TPSA) is 202 Å². The molecule has 0 aromatic heterocycles. The lowest BCUT2D eigenvalue weighted by atomic mass is 9.89. The summed E-state index contributed by atoms with van der Waals surface area (Å²) in [6.45, 7) is 0. The highest BCUT2D eigenvalue weighted by Gasteiger charge is 2.38. The zero-order chi connectivity index (χ0) is 18.6. The molecule has 0 aliphatic heterocycles. The van der Waals surface area contributed by atoms with E-state index in [-0.39, 0.29) is 25.7 Å². The molecule has 10 nitrogen and oxygen atoms in total. The standard InChI is InChI=1S/C14H28O10/c15-5-1-2-6(16)10(20)14(24)12(22)8(18)4-3-7(17)11(21)13(23)9(5)19/h5-24H,1-4H2. The Labute approximate surface area is 138 Å². The van der Waals surface area contributed by atoms with E-state index in [1.807, 2.05) is 0 Å². The fraction of sp³-hybridized carbons (Fsp3) is 1.00. The number of aliphatic hydroxyl groups excluding tert-OH is 10. The smallest absolute Gasteiger partial charge is 0.111 e. The van der Waals surface area contributed by atoms with Crippen molar-refractivity contribution in [2.24, 2.45) is 0 Å². The van der Waals surface area contributed by atoms with Crippen LogP contribution in [0.4, 0.5) is 0 Å². The van der Waals surface area contributed by atoms with Crippen LogP contribution >= 0.6 is 0 Å². The average Bonchev–Trinajstić information content (AvgIpc) is 2.58. The predicted molar refractivity (Wildman–Crippen MR) is 78.5 cm³/mol. The Morgan fingerprint density at radius 1 is 0.292 bits per heavy atom. The molecular weight excluding hydrogens is 328 g/mol. The van der Waals surface area contributed by atoms with Crippen LogP contribution in [0.3, 0.4) is 0 Å². The first kappa shape index (κ1) is 21.6. The fourth-order valence-electron chi connectivity index (χ4n) is 2.68. The maximum atomic E-state index is 9.79. The minimum absolute atomic E-state index is 0.301. The highest BCUT2D eigenvalue weighted by Crippen LogP contribution is 2.20. The molecule has 0 amide bonds. The Hall–Kier alpha value is -0.400. The molecule has 8 unspecified atom stereocenters. The molecular formula is C14H28O10. The van der Waals surface area contributed by atoms with E-state index >= 15 is 0 Å². The van der Waals surface area contributed by atoms with Crippen LogP contribution in [0, 0.1) is 0 Å². The zero-order valence-electron chi connectivity index (χ0n) is 13.1. The lowest BCUT2D eigenvalue weighted by Crippen LogP contribution is -2.52. The molecule has 1 rings (SSSR count). The Morgan fingerprint density at radius 2 is 0.458 bits per heavy atom. The highest BCUT2D eigenvalue weighted by atomic mass is 16.4. The van der Waals surface area contributed by atoms with Crippen molar-refractivity contribution in [3.8, 4) is 0 Å². The molecule has 0 spiro atoms. The van der Waals surface area contributed by atoms with Gasteiger partial charge in [0, 0.05) is 0 Å². The third-order valence-corrected chi connectivity index (χ3v) is 4.49. The first-order chi connectivity index (χ1) is 11.1. The molecule has 0 aromatic carbocycles. The molecule has 0 radical (unpaired) electrons. The summed E-state index contributed by atoms with van der Waals surface area (Å²) in [7, 11) is 0. The van der Waals surface area contributed by atoms with Gasteiger partial charge in [-0.25, -0.2) is 0 Å². The van der Waals surface area contributed by atoms with Gasteiger partial charge in [-0.1, -0.05) is 0 Å². The summed E-state index contributed by atoms with van der Waals surface area (Å²) in [4.78, 5) is 0. The average molecular weight is 356 g/mol. The van der Waals surface area contributed by atoms with Crippen LogP contribution in [-0.4, -0.2) is 112 Å². The highest BCUT2D eigenvalue weighted by molar-refractivity contribution is 4.89. The SMILES string of the molecule is OC1CCC(O)C(O)C(O)C(O)C(O)CCC(O)C(O)C(O)C1O. The summed E-state index contributed by atoms with van der Waals surface area (Å²) in [6.07, 6.45) is -18.5. The molecule has 1 aliphatic rings. The lowest BCUT2D eigenvalue weighted by Gasteiger charge is -2.33.